The van der Waals surface area contributed by atoms with E-state index in [1.807, 2.05) is 54.7 Å². The first-order chi connectivity index (χ1) is 20.9. The topological polar surface area (TPSA) is 170 Å². The third-order valence-corrected chi connectivity index (χ3v) is 10.2. The lowest BCUT2D eigenvalue weighted by Gasteiger charge is -2.50. The van der Waals surface area contributed by atoms with E-state index >= 15 is 0 Å². The van der Waals surface area contributed by atoms with Crippen molar-refractivity contribution in [2.45, 2.75) is 24.5 Å². The van der Waals surface area contributed by atoms with Crippen LogP contribution in [0.2, 0.25) is 0 Å². The van der Waals surface area contributed by atoms with Crippen LogP contribution in [0.25, 0.3) is 32.6 Å². The number of carbonyl (C=O) groups excluding carboxylic acids is 3. The number of aliphatic hydroxyl groups excluding tert-OH is 2. The number of hydrogen-bond donors (Lipinski definition) is 4. The van der Waals surface area contributed by atoms with E-state index in [4.69, 9.17) is 15.1 Å². The average Bonchev–Trinajstić information content (AvgIpc) is 3.58. The van der Waals surface area contributed by atoms with Crippen LogP contribution in [0.15, 0.2) is 62.8 Å². The van der Waals surface area contributed by atoms with Crippen LogP contribution in [0.5, 0.6) is 0 Å². The fraction of sp³-hybridized carbons (Fsp3) is 0.312. The van der Waals surface area contributed by atoms with Crippen molar-refractivity contribution < 1.29 is 34.1 Å². The maximum Gasteiger partial charge on any atom is 0.255 e. The molecule has 4 atom stereocenters. The molecule has 226 valence electrons. The second-order valence-corrected chi connectivity index (χ2v) is 13.0. The van der Waals surface area contributed by atoms with Gasteiger partial charge >= 0.3 is 0 Å². The van der Waals surface area contributed by atoms with E-state index in [0.717, 1.165) is 21.3 Å². The normalized spacial score (nSPS) is 25.1. The Labute approximate surface area is 255 Å². The van der Waals surface area contributed by atoms with Gasteiger partial charge in [0.2, 0.25) is 11.7 Å². The van der Waals surface area contributed by atoms with Gasteiger partial charge in [0.1, 0.15) is 22.6 Å². The van der Waals surface area contributed by atoms with Crippen molar-refractivity contribution >= 4 is 55.7 Å². The van der Waals surface area contributed by atoms with Crippen LogP contribution in [-0.4, -0.2) is 82.5 Å². The van der Waals surface area contributed by atoms with Crippen molar-refractivity contribution in [3.05, 3.63) is 69.5 Å². The van der Waals surface area contributed by atoms with Crippen LogP contribution < -0.4 is 10.6 Å². The zero-order valence-corrected chi connectivity index (χ0v) is 25.2. The van der Waals surface area contributed by atoms with Crippen LogP contribution in [0.3, 0.4) is 0 Å². The highest BCUT2D eigenvalue weighted by Crippen LogP contribution is 2.53. The molecule has 0 radical (unpaired) electrons. The average molecular weight is 615 g/mol. The monoisotopic (exact) mass is 614 g/mol. The lowest BCUT2D eigenvalue weighted by molar-refractivity contribution is -0.148. The standard InChI is InChI=1S/C32H30N4O7S/c1-35(2)19-11-18-27(43-31(34-18)16-12-44-20-8-6-5-7-14(16)20)22-15(19)9-13-10-17-24(36(3)4)26(38)23(30(33)41)29(40)32(17,42)28(39)21(13)25(22)37/h5-8,11-13,17,24,38-39,42H,9-10H2,1-4H3,(H2,33,41)/t13-,17-,24-,32-/m0/s1. The molecule has 0 saturated carbocycles. The highest BCUT2D eigenvalue weighted by molar-refractivity contribution is 7.17. The number of hydrogen-bond acceptors (Lipinski definition) is 11. The molecule has 5 N–H and O–H groups in total. The molecular formula is C32H30N4O7S. The number of anilines is 1. The number of benzene rings is 2. The van der Waals surface area contributed by atoms with Gasteiger partial charge in [-0.2, -0.15) is 0 Å². The molecule has 0 spiro atoms. The van der Waals surface area contributed by atoms with E-state index in [2.05, 4.69) is 0 Å². The van der Waals surface area contributed by atoms with Gasteiger partial charge in [0.15, 0.2) is 17.0 Å². The third-order valence-electron chi connectivity index (χ3n) is 9.27. The highest BCUT2D eigenvalue weighted by atomic mass is 32.1. The smallest absolute Gasteiger partial charge is 0.255 e. The van der Waals surface area contributed by atoms with Gasteiger partial charge in [-0.25, -0.2) is 4.98 Å². The minimum absolute atomic E-state index is 0.0687. The Morgan fingerprint density at radius 2 is 1.89 bits per heavy atom. The van der Waals surface area contributed by atoms with E-state index in [1.165, 1.54) is 0 Å². The number of allylic oxidation sites excluding steroid dienone is 1. The van der Waals surface area contributed by atoms with Gasteiger partial charge < -0.3 is 30.4 Å². The SMILES string of the molecule is CN(C)c1cc2nc(-c3csc4ccccc34)oc2c2c1C[C@H]1C[C@H]3[C@H](N(C)C)C(O)=C(C(N)=O)C(=O)[C@@]3(O)C(O)=C1C2=O. The Bertz CT molecular complexity index is 2020. The fourth-order valence-corrected chi connectivity index (χ4v) is 8.28. The maximum absolute atomic E-state index is 14.5. The van der Waals surface area contributed by atoms with Crippen molar-refractivity contribution in [2.75, 3.05) is 33.1 Å². The highest BCUT2D eigenvalue weighted by Gasteiger charge is 2.63. The summed E-state index contributed by atoms with van der Waals surface area (Å²) in [6.45, 7) is 0. The van der Waals surface area contributed by atoms with Crippen LogP contribution in [-0.2, 0) is 16.0 Å². The van der Waals surface area contributed by atoms with Crippen molar-refractivity contribution in [3.8, 4) is 11.5 Å². The molecule has 0 unspecified atom stereocenters. The predicted molar refractivity (Wildman–Crippen MR) is 165 cm³/mol. The molecule has 2 aromatic carbocycles. The van der Waals surface area contributed by atoms with Gasteiger partial charge in [-0.15, -0.1) is 11.3 Å². The Morgan fingerprint density at radius 1 is 1.16 bits per heavy atom. The molecule has 12 heteroatoms. The molecule has 2 aromatic heterocycles. The summed E-state index contributed by atoms with van der Waals surface area (Å²) in [5.41, 5.74) is 5.00. The molecule has 0 fully saturated rings. The zero-order chi connectivity index (χ0) is 31.4. The Balaban J connectivity index is 1.45. The third kappa shape index (κ3) is 3.61. The van der Waals surface area contributed by atoms with Gasteiger partial charge in [-0.05, 0) is 50.6 Å². The first-order valence-corrected chi connectivity index (χ1v) is 15.0. The summed E-state index contributed by atoms with van der Waals surface area (Å²) in [5.74, 6) is -5.78. The second kappa shape index (κ2) is 9.49. The van der Waals surface area contributed by atoms with Crippen molar-refractivity contribution in [3.63, 3.8) is 0 Å². The van der Waals surface area contributed by atoms with Gasteiger partial charge in [-0.3, -0.25) is 19.3 Å². The molecule has 7 rings (SSSR count). The van der Waals surface area contributed by atoms with E-state index in [9.17, 15) is 29.7 Å². The quantitative estimate of drug-likeness (QED) is 0.250. The lowest BCUT2D eigenvalue weighted by atomic mass is 9.58. The van der Waals surface area contributed by atoms with Gasteiger partial charge in [0.25, 0.3) is 5.91 Å². The van der Waals surface area contributed by atoms with Crippen LogP contribution in [0, 0.1) is 11.8 Å². The van der Waals surface area contributed by atoms with Crippen molar-refractivity contribution in [2.24, 2.45) is 17.6 Å². The molecule has 0 bridgehead atoms. The van der Waals surface area contributed by atoms with Crippen LogP contribution in [0.4, 0.5) is 5.69 Å². The zero-order valence-electron chi connectivity index (χ0n) is 24.4. The number of carbonyl (C=O) groups is 3. The molecular weight excluding hydrogens is 584 g/mol. The number of primary amides is 1. The number of oxazole rings is 1. The summed E-state index contributed by atoms with van der Waals surface area (Å²) in [5, 5.41) is 37.5. The second-order valence-electron chi connectivity index (χ2n) is 12.1. The Morgan fingerprint density at radius 3 is 2.57 bits per heavy atom. The first-order valence-electron chi connectivity index (χ1n) is 14.1. The number of likely N-dealkylation sites (N-methyl/N-ethyl adjacent to an activating group) is 1. The van der Waals surface area contributed by atoms with E-state index in [1.54, 1.807) is 30.3 Å². The summed E-state index contributed by atoms with van der Waals surface area (Å²) in [4.78, 5) is 48.5. The first kappa shape index (κ1) is 28.3. The Hall–Kier alpha value is -4.52. The molecule has 4 aromatic rings. The molecule has 3 aliphatic rings. The van der Waals surface area contributed by atoms with E-state index in [0.29, 0.717) is 17.0 Å². The van der Waals surface area contributed by atoms with Crippen molar-refractivity contribution in [1.29, 1.82) is 0 Å². The molecule has 0 aliphatic heterocycles. The maximum atomic E-state index is 14.5. The number of rotatable bonds is 4. The summed E-state index contributed by atoms with van der Waals surface area (Å²) in [6.07, 6.45) is 0.356. The number of amides is 1. The number of aromatic nitrogens is 1. The Kier molecular flexibility index (Phi) is 6.09. The number of Topliss-reactive ketones (excluding diaryl/α,β-unsaturated/α-hetero) is 2. The van der Waals surface area contributed by atoms with Crippen molar-refractivity contribution in [1.82, 2.24) is 9.88 Å². The molecule has 3 aliphatic carbocycles. The number of ketones is 2. The molecule has 44 heavy (non-hydrogen) atoms. The number of nitrogens with zero attached hydrogens (tertiary/aromatic N) is 3. The fourth-order valence-electron chi connectivity index (χ4n) is 7.34. The minimum Gasteiger partial charge on any atom is -0.510 e. The number of fused-ring (bicyclic) bond motifs is 6. The summed E-state index contributed by atoms with van der Waals surface area (Å²) in [7, 11) is 6.95. The molecule has 2 heterocycles. The summed E-state index contributed by atoms with van der Waals surface area (Å²) < 4.78 is 7.38. The van der Waals surface area contributed by atoms with Crippen LogP contribution in [0.1, 0.15) is 22.3 Å². The number of aliphatic hydroxyl groups is 3. The summed E-state index contributed by atoms with van der Waals surface area (Å²) in [6, 6.07) is 8.71. The molecule has 0 saturated heterocycles. The van der Waals surface area contributed by atoms with Crippen LogP contribution >= 0.6 is 11.3 Å². The largest absolute Gasteiger partial charge is 0.510 e. The number of thiophene rings is 1. The molecule has 11 nitrogen and oxygen atoms in total. The van der Waals surface area contributed by atoms with E-state index in [-0.39, 0.29) is 29.6 Å². The molecule has 1 amide bonds. The van der Waals surface area contributed by atoms with Gasteiger partial charge in [0.05, 0.1) is 17.2 Å². The van der Waals surface area contributed by atoms with Gasteiger partial charge in [-0.1, -0.05) is 18.2 Å². The van der Waals surface area contributed by atoms with Gasteiger partial charge in [0, 0.05) is 46.7 Å². The number of nitrogens with two attached hydrogens (primary N) is 1. The summed E-state index contributed by atoms with van der Waals surface area (Å²) >= 11 is 1.55. The minimum atomic E-state index is -2.65. The lowest BCUT2D eigenvalue weighted by Crippen LogP contribution is -2.63. The predicted octanol–water partition coefficient (Wildman–Crippen LogP) is 3.50. The van der Waals surface area contributed by atoms with E-state index < -0.39 is 58.0 Å².